The van der Waals surface area contributed by atoms with Crippen LogP contribution in [-0.4, -0.2) is 51.2 Å². The van der Waals surface area contributed by atoms with Crippen molar-refractivity contribution in [3.05, 3.63) is 131 Å². The topological polar surface area (TPSA) is 79.8 Å². The van der Waals surface area contributed by atoms with Crippen LogP contribution in [0.3, 0.4) is 0 Å². The average Bonchev–Trinajstić information content (AvgIpc) is 3.40. The second-order valence-electron chi connectivity index (χ2n) is 11.4. The van der Waals surface area contributed by atoms with E-state index in [1.54, 1.807) is 4.90 Å². The number of hydrogen-bond donors (Lipinski definition) is 1. The third-order valence-electron chi connectivity index (χ3n) is 8.27. The Bertz CT molecular complexity index is 1730. The van der Waals surface area contributed by atoms with Crippen LogP contribution in [-0.2, 0) is 17.8 Å². The number of aromatic amines is 1. The summed E-state index contributed by atoms with van der Waals surface area (Å²) in [5, 5.41) is 0. The number of fused-ring (bicyclic) bond motifs is 1. The van der Waals surface area contributed by atoms with Crippen molar-refractivity contribution in [1.29, 1.82) is 0 Å². The van der Waals surface area contributed by atoms with Crippen LogP contribution >= 0.6 is 0 Å². The first-order valence-corrected chi connectivity index (χ1v) is 15.2. The highest BCUT2D eigenvalue weighted by Gasteiger charge is 2.27. The van der Waals surface area contributed by atoms with Gasteiger partial charge in [-0.2, -0.15) is 0 Å². The lowest BCUT2D eigenvalue weighted by atomic mass is 10.0. The lowest BCUT2D eigenvalue weighted by Gasteiger charge is -2.33. The number of imidazole rings is 1. The molecule has 1 aliphatic heterocycles. The van der Waals surface area contributed by atoms with Crippen molar-refractivity contribution < 1.29 is 14.3 Å². The van der Waals surface area contributed by atoms with Gasteiger partial charge in [0.1, 0.15) is 18.1 Å². The molecule has 1 amide bonds. The monoisotopic (exact) mass is 590 g/mol. The number of piperidine rings is 1. The molecule has 8 nitrogen and oxygen atoms in total. The summed E-state index contributed by atoms with van der Waals surface area (Å²) in [6.07, 6.45) is 1.10. The molecule has 5 aromatic rings. The van der Waals surface area contributed by atoms with Gasteiger partial charge in [-0.05, 0) is 67.3 Å². The van der Waals surface area contributed by atoms with Gasteiger partial charge in [-0.1, -0.05) is 72.8 Å². The molecule has 1 atom stereocenters. The third-order valence-corrected chi connectivity index (χ3v) is 8.27. The number of carbonyl (C=O) groups excluding carboxylic acids is 1. The fraction of sp³-hybridized carbons (Fsp3) is 0.278. The Balaban J connectivity index is 1.07. The van der Waals surface area contributed by atoms with E-state index in [-0.39, 0.29) is 30.5 Å². The van der Waals surface area contributed by atoms with E-state index in [2.05, 4.69) is 41.1 Å². The van der Waals surface area contributed by atoms with Gasteiger partial charge in [-0.3, -0.25) is 9.47 Å². The van der Waals surface area contributed by atoms with E-state index in [4.69, 9.17) is 9.47 Å². The van der Waals surface area contributed by atoms with Gasteiger partial charge in [0, 0.05) is 38.3 Å². The van der Waals surface area contributed by atoms with Crippen LogP contribution in [0, 0.1) is 0 Å². The zero-order valence-corrected chi connectivity index (χ0v) is 25.0. The standard InChI is InChI=1S/C36H38N4O4/c1-27(26-43-36(42)38-21-19-30(20-22-38)40-34-18-9-8-17-33(34)37-35(40)41)39(24-28-11-4-2-5-12-28)25-29-13-10-16-32(23-29)44-31-14-6-3-7-15-31/h2-18,23,27,30H,19-22,24-26H2,1H3,(H,37,41)/t27-/m0/s1. The summed E-state index contributed by atoms with van der Waals surface area (Å²) in [5.41, 5.74) is 3.95. The minimum Gasteiger partial charge on any atom is -0.457 e. The maximum atomic E-state index is 13.1. The molecule has 1 aromatic heterocycles. The fourth-order valence-corrected chi connectivity index (χ4v) is 5.88. The lowest BCUT2D eigenvalue weighted by molar-refractivity contribution is 0.0567. The molecular weight excluding hydrogens is 552 g/mol. The van der Waals surface area contributed by atoms with Crippen molar-refractivity contribution in [2.75, 3.05) is 19.7 Å². The molecule has 2 heterocycles. The van der Waals surface area contributed by atoms with E-state index in [1.807, 2.05) is 89.5 Å². The van der Waals surface area contributed by atoms with E-state index in [9.17, 15) is 9.59 Å². The van der Waals surface area contributed by atoms with Gasteiger partial charge in [0.05, 0.1) is 11.0 Å². The molecule has 4 aromatic carbocycles. The Labute approximate surface area is 257 Å². The molecule has 226 valence electrons. The first-order chi connectivity index (χ1) is 21.5. The maximum Gasteiger partial charge on any atom is 0.409 e. The molecule has 0 bridgehead atoms. The van der Waals surface area contributed by atoms with Gasteiger partial charge >= 0.3 is 11.8 Å². The molecule has 6 rings (SSSR count). The lowest BCUT2D eigenvalue weighted by Crippen LogP contribution is -2.42. The van der Waals surface area contributed by atoms with Gasteiger partial charge in [-0.15, -0.1) is 0 Å². The van der Waals surface area contributed by atoms with Crippen LogP contribution in [0.25, 0.3) is 11.0 Å². The Morgan fingerprint density at radius 2 is 1.48 bits per heavy atom. The van der Waals surface area contributed by atoms with E-state index in [0.717, 1.165) is 28.1 Å². The number of ether oxygens (including phenoxy) is 2. The molecule has 0 aliphatic carbocycles. The summed E-state index contributed by atoms with van der Waals surface area (Å²) >= 11 is 0. The average molecular weight is 591 g/mol. The zero-order valence-electron chi connectivity index (χ0n) is 25.0. The number of H-pyrrole nitrogens is 1. The summed E-state index contributed by atoms with van der Waals surface area (Å²) < 4.78 is 13.8. The van der Waals surface area contributed by atoms with Crippen molar-refractivity contribution in [2.24, 2.45) is 0 Å². The van der Waals surface area contributed by atoms with E-state index in [0.29, 0.717) is 39.0 Å². The summed E-state index contributed by atoms with van der Waals surface area (Å²) in [7, 11) is 0. The van der Waals surface area contributed by atoms with Crippen LogP contribution in [0.1, 0.15) is 36.9 Å². The second kappa shape index (κ2) is 13.7. The Kier molecular flexibility index (Phi) is 9.08. The second-order valence-corrected chi connectivity index (χ2v) is 11.4. The Morgan fingerprint density at radius 1 is 0.841 bits per heavy atom. The summed E-state index contributed by atoms with van der Waals surface area (Å²) in [6, 6.07) is 36.0. The number of hydrogen-bond acceptors (Lipinski definition) is 5. The molecule has 44 heavy (non-hydrogen) atoms. The Morgan fingerprint density at radius 3 is 2.25 bits per heavy atom. The number of amides is 1. The van der Waals surface area contributed by atoms with Crippen molar-refractivity contribution in [3.8, 4) is 11.5 Å². The number of benzene rings is 4. The van der Waals surface area contributed by atoms with E-state index >= 15 is 0 Å². The van der Waals surface area contributed by atoms with Gasteiger partial charge < -0.3 is 19.4 Å². The molecule has 1 aliphatic rings. The number of carbonyl (C=O) groups is 1. The SMILES string of the molecule is C[C@@H](COC(=O)N1CCC(n2c(=O)[nH]c3ccccc32)CC1)N(Cc1ccccc1)Cc1cccc(Oc2ccccc2)c1. The predicted molar refractivity (Wildman–Crippen MR) is 172 cm³/mol. The smallest absolute Gasteiger partial charge is 0.409 e. The van der Waals surface area contributed by atoms with E-state index < -0.39 is 0 Å². The molecule has 1 saturated heterocycles. The highest BCUT2D eigenvalue weighted by Crippen LogP contribution is 2.26. The highest BCUT2D eigenvalue weighted by molar-refractivity contribution is 5.75. The molecule has 1 N–H and O–H groups in total. The molecule has 0 spiro atoms. The quantitative estimate of drug-likeness (QED) is 0.190. The number of rotatable bonds is 10. The molecule has 0 saturated carbocycles. The van der Waals surface area contributed by atoms with E-state index in [1.165, 1.54) is 5.56 Å². The zero-order chi connectivity index (χ0) is 30.3. The van der Waals surface area contributed by atoms with Crippen molar-refractivity contribution in [1.82, 2.24) is 19.4 Å². The van der Waals surface area contributed by atoms with Crippen molar-refractivity contribution >= 4 is 17.1 Å². The minimum atomic E-state index is -0.306. The largest absolute Gasteiger partial charge is 0.457 e. The number of nitrogens with zero attached hydrogens (tertiary/aromatic N) is 3. The van der Waals surface area contributed by atoms with Crippen LogP contribution < -0.4 is 10.4 Å². The van der Waals surface area contributed by atoms with Crippen LogP contribution in [0.5, 0.6) is 11.5 Å². The third kappa shape index (κ3) is 7.03. The van der Waals surface area contributed by atoms with Crippen LogP contribution in [0.2, 0.25) is 0 Å². The van der Waals surface area contributed by atoms with Crippen LogP contribution in [0.15, 0.2) is 114 Å². The van der Waals surface area contributed by atoms with Gasteiger partial charge in [0.15, 0.2) is 0 Å². The predicted octanol–water partition coefficient (Wildman–Crippen LogP) is 6.99. The minimum absolute atomic E-state index is 0.0276. The maximum absolute atomic E-state index is 13.1. The summed E-state index contributed by atoms with van der Waals surface area (Å²) in [6.45, 7) is 4.85. The first kappa shape index (κ1) is 29.3. The van der Waals surface area contributed by atoms with Gasteiger partial charge in [0.25, 0.3) is 0 Å². The summed E-state index contributed by atoms with van der Waals surface area (Å²) in [5.74, 6) is 1.58. The molecular formula is C36H38N4O4. The number of aromatic nitrogens is 2. The van der Waals surface area contributed by atoms with Gasteiger partial charge in [-0.25, -0.2) is 9.59 Å². The first-order valence-electron chi connectivity index (χ1n) is 15.2. The number of nitrogens with one attached hydrogen (secondary N) is 1. The van der Waals surface area contributed by atoms with Crippen molar-refractivity contribution in [3.63, 3.8) is 0 Å². The molecule has 0 radical (unpaired) electrons. The normalized spacial score (nSPS) is 14.5. The molecule has 0 unspecified atom stereocenters. The summed E-state index contributed by atoms with van der Waals surface area (Å²) in [4.78, 5) is 32.8. The number of likely N-dealkylation sites (tertiary alicyclic amines) is 1. The molecule has 8 heteroatoms. The van der Waals surface area contributed by atoms with Gasteiger partial charge in [0.2, 0.25) is 0 Å². The fourth-order valence-electron chi connectivity index (χ4n) is 5.88. The number of para-hydroxylation sites is 3. The molecule has 1 fully saturated rings. The highest BCUT2D eigenvalue weighted by atomic mass is 16.6. The van der Waals surface area contributed by atoms with Crippen molar-refractivity contribution in [2.45, 2.75) is 44.9 Å². The van der Waals surface area contributed by atoms with Crippen LogP contribution in [0.4, 0.5) is 4.79 Å². The Hall–Kier alpha value is -4.82.